The van der Waals surface area contributed by atoms with Crippen LogP contribution in [0.15, 0.2) is 18.2 Å². The Morgan fingerprint density at radius 1 is 1.48 bits per heavy atom. The Kier molecular flexibility index (Phi) is 5.38. The van der Waals surface area contributed by atoms with E-state index in [1.807, 2.05) is 13.0 Å². The van der Waals surface area contributed by atoms with Crippen LogP contribution >= 0.6 is 0 Å². The quantitative estimate of drug-likeness (QED) is 0.831. The summed E-state index contributed by atoms with van der Waals surface area (Å²) < 4.78 is 5.31. The molecule has 0 radical (unpaired) electrons. The number of aryl methyl sites for hydroxylation is 1. The maximum Gasteiger partial charge on any atom is 0.251 e. The molecule has 1 aromatic rings. The Morgan fingerprint density at radius 2 is 2.29 bits per heavy atom. The highest BCUT2D eigenvalue weighted by molar-refractivity contribution is 5.94. The van der Waals surface area contributed by atoms with Gasteiger partial charge in [-0.1, -0.05) is 17.9 Å². The molecule has 1 aromatic carbocycles. The van der Waals surface area contributed by atoms with E-state index >= 15 is 0 Å². The van der Waals surface area contributed by atoms with Crippen molar-refractivity contribution in [1.29, 1.82) is 0 Å². The highest BCUT2D eigenvalue weighted by Crippen LogP contribution is 2.22. The number of hydrogen-bond donors (Lipinski definition) is 2. The summed E-state index contributed by atoms with van der Waals surface area (Å²) in [5.74, 6) is 5.40. The molecule has 2 unspecified atom stereocenters. The number of amides is 1. The van der Waals surface area contributed by atoms with Crippen LogP contribution < -0.4 is 5.32 Å². The van der Waals surface area contributed by atoms with Gasteiger partial charge in [-0.15, -0.1) is 0 Å². The molecule has 1 aliphatic carbocycles. The van der Waals surface area contributed by atoms with Crippen molar-refractivity contribution in [3.05, 3.63) is 34.9 Å². The van der Waals surface area contributed by atoms with Crippen LogP contribution in [-0.2, 0) is 4.74 Å². The van der Waals surface area contributed by atoms with E-state index in [2.05, 4.69) is 17.2 Å². The summed E-state index contributed by atoms with van der Waals surface area (Å²) in [6.07, 6.45) is 3.06. The van der Waals surface area contributed by atoms with E-state index in [4.69, 9.17) is 9.84 Å². The molecule has 1 fully saturated rings. The first-order valence-corrected chi connectivity index (χ1v) is 7.18. The zero-order chi connectivity index (χ0) is 15.2. The Labute approximate surface area is 125 Å². The van der Waals surface area contributed by atoms with Crippen molar-refractivity contribution in [2.45, 2.75) is 38.3 Å². The number of carbonyl (C=O) groups excluding carboxylic acids is 1. The molecule has 0 bridgehead atoms. The van der Waals surface area contributed by atoms with Crippen LogP contribution in [0, 0.1) is 18.8 Å². The summed E-state index contributed by atoms with van der Waals surface area (Å²) in [7, 11) is 1.71. The van der Waals surface area contributed by atoms with Crippen molar-refractivity contribution in [2.24, 2.45) is 0 Å². The lowest BCUT2D eigenvalue weighted by molar-refractivity contribution is 0.0915. The van der Waals surface area contributed by atoms with Crippen LogP contribution in [0.3, 0.4) is 0 Å². The molecule has 0 saturated heterocycles. The molecule has 0 spiro atoms. The molecule has 21 heavy (non-hydrogen) atoms. The van der Waals surface area contributed by atoms with Gasteiger partial charge in [-0.25, -0.2) is 0 Å². The zero-order valence-corrected chi connectivity index (χ0v) is 12.5. The fourth-order valence-corrected chi connectivity index (χ4v) is 2.59. The van der Waals surface area contributed by atoms with Gasteiger partial charge >= 0.3 is 0 Å². The number of aliphatic hydroxyl groups is 1. The molecule has 0 aromatic heterocycles. The fraction of sp³-hybridized carbons (Fsp3) is 0.471. The molecule has 4 nitrogen and oxygen atoms in total. The van der Waals surface area contributed by atoms with Gasteiger partial charge in [0.25, 0.3) is 5.91 Å². The molecule has 4 heteroatoms. The summed E-state index contributed by atoms with van der Waals surface area (Å²) >= 11 is 0. The van der Waals surface area contributed by atoms with Gasteiger partial charge in [0.05, 0.1) is 6.10 Å². The molecule has 0 aliphatic heterocycles. The van der Waals surface area contributed by atoms with Crippen LogP contribution in [0.4, 0.5) is 0 Å². The van der Waals surface area contributed by atoms with Crippen molar-refractivity contribution >= 4 is 5.91 Å². The van der Waals surface area contributed by atoms with Crippen LogP contribution in [0.2, 0.25) is 0 Å². The number of ether oxygens (including phenoxy) is 1. The maximum atomic E-state index is 12.3. The first kappa shape index (κ1) is 15.6. The van der Waals surface area contributed by atoms with E-state index in [0.29, 0.717) is 5.56 Å². The minimum absolute atomic E-state index is 0.0798. The minimum atomic E-state index is -0.184. The number of carbonyl (C=O) groups is 1. The van der Waals surface area contributed by atoms with Crippen LogP contribution in [0.25, 0.3) is 0 Å². The molecular formula is C17H21NO3. The van der Waals surface area contributed by atoms with Gasteiger partial charge < -0.3 is 15.2 Å². The monoisotopic (exact) mass is 287 g/mol. The molecule has 112 valence electrons. The Hall–Kier alpha value is -1.83. The number of nitrogens with one attached hydrogen (secondary N) is 1. The van der Waals surface area contributed by atoms with Crippen molar-refractivity contribution in [3.63, 3.8) is 0 Å². The average Bonchev–Trinajstić information content (AvgIpc) is 2.94. The van der Waals surface area contributed by atoms with E-state index < -0.39 is 0 Å². The number of rotatable bonds is 3. The van der Waals surface area contributed by atoms with Gasteiger partial charge in [0, 0.05) is 24.3 Å². The molecule has 1 amide bonds. The number of aliphatic hydroxyl groups excluding tert-OH is 1. The van der Waals surface area contributed by atoms with Crippen molar-refractivity contribution in [2.75, 3.05) is 13.7 Å². The third-order valence-electron chi connectivity index (χ3n) is 3.85. The fourth-order valence-electron chi connectivity index (χ4n) is 2.59. The summed E-state index contributed by atoms with van der Waals surface area (Å²) in [6.45, 7) is 1.75. The SMILES string of the molecule is COC1CCC(NC(=O)c2ccc(C)c(C#CCO)c2)C1. The van der Waals surface area contributed by atoms with Gasteiger partial charge in [-0.05, 0) is 43.9 Å². The van der Waals surface area contributed by atoms with E-state index in [-0.39, 0.29) is 24.7 Å². The number of methoxy groups -OCH3 is 1. The van der Waals surface area contributed by atoms with E-state index in [0.717, 1.165) is 30.4 Å². The van der Waals surface area contributed by atoms with Crippen molar-refractivity contribution in [3.8, 4) is 11.8 Å². The summed E-state index contributed by atoms with van der Waals surface area (Å²) in [5.41, 5.74) is 2.37. The van der Waals surface area contributed by atoms with Crippen LogP contribution in [0.5, 0.6) is 0 Å². The second kappa shape index (κ2) is 7.26. The molecule has 0 heterocycles. The van der Waals surface area contributed by atoms with Crippen molar-refractivity contribution in [1.82, 2.24) is 5.32 Å². The molecular weight excluding hydrogens is 266 g/mol. The molecule has 2 N–H and O–H groups in total. The summed E-state index contributed by atoms with van der Waals surface area (Å²) in [6, 6.07) is 5.63. The molecule has 1 saturated carbocycles. The van der Waals surface area contributed by atoms with Crippen LogP contribution in [0.1, 0.15) is 40.7 Å². The van der Waals surface area contributed by atoms with Gasteiger partial charge in [0.2, 0.25) is 0 Å². The maximum absolute atomic E-state index is 12.3. The normalized spacial score (nSPS) is 20.7. The standard InChI is InChI=1S/C17H21NO3/c1-12-5-6-14(10-13(12)4-3-9-19)17(20)18-15-7-8-16(11-15)21-2/h5-6,10,15-16,19H,7-9,11H2,1-2H3,(H,18,20). The number of benzene rings is 1. The highest BCUT2D eigenvalue weighted by Gasteiger charge is 2.25. The van der Waals surface area contributed by atoms with Gasteiger partial charge in [-0.3, -0.25) is 4.79 Å². The minimum Gasteiger partial charge on any atom is -0.384 e. The lowest BCUT2D eigenvalue weighted by atomic mass is 10.0. The average molecular weight is 287 g/mol. The zero-order valence-electron chi connectivity index (χ0n) is 12.5. The topological polar surface area (TPSA) is 58.6 Å². The predicted octanol–water partition coefficient (Wildman–Crippen LogP) is 1.64. The second-order valence-electron chi connectivity index (χ2n) is 5.33. The largest absolute Gasteiger partial charge is 0.384 e. The molecule has 2 atom stereocenters. The molecule has 1 aliphatic rings. The Balaban J connectivity index is 2.06. The second-order valence-corrected chi connectivity index (χ2v) is 5.33. The first-order chi connectivity index (χ1) is 10.1. The number of hydrogen-bond acceptors (Lipinski definition) is 3. The smallest absolute Gasteiger partial charge is 0.251 e. The third-order valence-corrected chi connectivity index (χ3v) is 3.85. The first-order valence-electron chi connectivity index (χ1n) is 7.18. The van der Waals surface area contributed by atoms with E-state index in [9.17, 15) is 4.79 Å². The Morgan fingerprint density at radius 3 is 2.95 bits per heavy atom. The van der Waals surface area contributed by atoms with Crippen molar-refractivity contribution < 1.29 is 14.6 Å². The predicted molar refractivity (Wildman–Crippen MR) is 81.0 cm³/mol. The van der Waals surface area contributed by atoms with Crippen LogP contribution in [-0.4, -0.2) is 36.9 Å². The summed E-state index contributed by atoms with van der Waals surface area (Å²) in [5, 5.41) is 11.8. The third kappa shape index (κ3) is 4.07. The van der Waals surface area contributed by atoms with Gasteiger partial charge in [-0.2, -0.15) is 0 Å². The van der Waals surface area contributed by atoms with E-state index in [1.54, 1.807) is 19.2 Å². The van der Waals surface area contributed by atoms with E-state index in [1.165, 1.54) is 0 Å². The lowest BCUT2D eigenvalue weighted by Crippen LogP contribution is -2.33. The van der Waals surface area contributed by atoms with Gasteiger partial charge in [0.1, 0.15) is 6.61 Å². The highest BCUT2D eigenvalue weighted by atomic mass is 16.5. The lowest BCUT2D eigenvalue weighted by Gasteiger charge is -2.13. The Bertz CT molecular complexity index is 571. The molecule has 2 rings (SSSR count). The van der Waals surface area contributed by atoms with Gasteiger partial charge in [0.15, 0.2) is 0 Å². The summed E-state index contributed by atoms with van der Waals surface area (Å²) in [4.78, 5) is 12.3.